The Hall–Kier alpha value is -0.0300. The fourth-order valence-corrected chi connectivity index (χ4v) is 1.50. The van der Waals surface area contributed by atoms with Crippen LogP contribution in [0.4, 0.5) is 5.69 Å². The van der Waals surface area contributed by atoms with E-state index in [1.807, 2.05) is 6.07 Å². The van der Waals surface area contributed by atoms with Crippen LogP contribution in [0, 0.1) is 3.57 Å². The maximum absolute atomic E-state index is 5.79. The molecule has 1 aromatic heterocycles. The second-order valence-corrected chi connectivity index (χ2v) is 4.49. The van der Waals surface area contributed by atoms with E-state index in [4.69, 9.17) is 11.6 Å². The highest BCUT2D eigenvalue weighted by Crippen LogP contribution is 2.21. The van der Waals surface area contributed by atoms with Crippen molar-refractivity contribution in [3.8, 4) is 0 Å². The van der Waals surface area contributed by atoms with Gasteiger partial charge in [-0.05, 0) is 42.0 Å². The Bertz CT molecular complexity index is 291. The van der Waals surface area contributed by atoms with Crippen molar-refractivity contribution in [3.05, 3.63) is 21.0 Å². The summed E-state index contributed by atoms with van der Waals surface area (Å²) in [6.45, 7) is 4.29. The van der Waals surface area contributed by atoms with Crippen LogP contribution in [0.25, 0.3) is 0 Å². The Kier molecular flexibility index (Phi) is 4.25. The molecule has 0 bridgehead atoms. The van der Waals surface area contributed by atoms with Crippen molar-refractivity contribution in [1.29, 1.82) is 0 Å². The molecule has 1 unspecified atom stereocenters. The fourth-order valence-electron chi connectivity index (χ4n) is 0.891. The van der Waals surface area contributed by atoms with Crippen LogP contribution in [0.2, 0.25) is 5.15 Å². The van der Waals surface area contributed by atoms with Gasteiger partial charge in [-0.25, -0.2) is 4.98 Å². The second kappa shape index (κ2) is 5.00. The van der Waals surface area contributed by atoms with Gasteiger partial charge < -0.3 is 5.32 Å². The molecule has 1 heterocycles. The molecule has 1 atom stereocenters. The van der Waals surface area contributed by atoms with E-state index in [9.17, 15) is 0 Å². The summed E-state index contributed by atoms with van der Waals surface area (Å²) in [7, 11) is 0. The number of nitrogens with one attached hydrogen (secondary N) is 1. The normalized spacial score (nSPS) is 12.6. The quantitative estimate of drug-likeness (QED) is 0.682. The maximum atomic E-state index is 5.79. The molecular formula is C9H12ClIN2. The highest BCUT2D eigenvalue weighted by Gasteiger charge is 2.04. The van der Waals surface area contributed by atoms with E-state index >= 15 is 0 Å². The van der Waals surface area contributed by atoms with Crippen molar-refractivity contribution in [3.63, 3.8) is 0 Å². The lowest BCUT2D eigenvalue weighted by Crippen LogP contribution is -2.14. The standard InChI is InChI=1S/C9H12ClIN2/c1-3-6(2)13-8-4-9(10)12-5-7(8)11/h4-6H,3H2,1-2H3,(H,12,13). The Morgan fingerprint density at radius 3 is 3.00 bits per heavy atom. The molecule has 0 fully saturated rings. The molecule has 72 valence electrons. The van der Waals surface area contributed by atoms with E-state index in [0.717, 1.165) is 15.7 Å². The molecule has 0 amide bonds. The third kappa shape index (κ3) is 3.31. The molecule has 0 aliphatic carbocycles. The van der Waals surface area contributed by atoms with Crippen LogP contribution in [0.3, 0.4) is 0 Å². The van der Waals surface area contributed by atoms with E-state index in [1.165, 1.54) is 0 Å². The van der Waals surface area contributed by atoms with Gasteiger partial charge in [-0.15, -0.1) is 0 Å². The Labute approximate surface area is 97.2 Å². The first kappa shape index (κ1) is 11.0. The third-order valence-corrected chi connectivity index (χ3v) is 2.90. The number of aromatic nitrogens is 1. The highest BCUT2D eigenvalue weighted by molar-refractivity contribution is 14.1. The van der Waals surface area contributed by atoms with Gasteiger partial charge in [0, 0.05) is 12.2 Å². The zero-order valence-electron chi connectivity index (χ0n) is 7.64. The molecule has 0 aliphatic heterocycles. The van der Waals surface area contributed by atoms with Gasteiger partial charge in [-0.2, -0.15) is 0 Å². The summed E-state index contributed by atoms with van der Waals surface area (Å²) in [6.07, 6.45) is 2.86. The molecule has 2 nitrogen and oxygen atoms in total. The minimum atomic E-state index is 0.465. The average Bonchev–Trinajstić information content (AvgIpc) is 2.11. The molecule has 0 aromatic carbocycles. The van der Waals surface area contributed by atoms with Gasteiger partial charge in [0.2, 0.25) is 0 Å². The van der Waals surface area contributed by atoms with Crippen molar-refractivity contribution in [1.82, 2.24) is 4.98 Å². The van der Waals surface area contributed by atoms with Crippen LogP contribution in [0.5, 0.6) is 0 Å². The molecule has 0 saturated heterocycles. The number of nitrogens with zero attached hydrogens (tertiary/aromatic N) is 1. The topological polar surface area (TPSA) is 24.9 Å². The molecule has 13 heavy (non-hydrogen) atoms. The Balaban J connectivity index is 2.81. The monoisotopic (exact) mass is 310 g/mol. The lowest BCUT2D eigenvalue weighted by atomic mass is 10.2. The van der Waals surface area contributed by atoms with E-state index in [0.29, 0.717) is 11.2 Å². The molecule has 0 radical (unpaired) electrons. The van der Waals surface area contributed by atoms with Gasteiger partial charge >= 0.3 is 0 Å². The summed E-state index contributed by atoms with van der Waals surface area (Å²) in [6, 6.07) is 2.32. The number of rotatable bonds is 3. The van der Waals surface area contributed by atoms with Crippen LogP contribution in [0.1, 0.15) is 20.3 Å². The van der Waals surface area contributed by atoms with Crippen molar-refractivity contribution >= 4 is 39.9 Å². The Morgan fingerprint density at radius 1 is 1.69 bits per heavy atom. The molecule has 4 heteroatoms. The van der Waals surface area contributed by atoms with Crippen molar-refractivity contribution in [2.45, 2.75) is 26.3 Å². The summed E-state index contributed by atoms with van der Waals surface area (Å²) >= 11 is 8.03. The predicted molar refractivity (Wildman–Crippen MR) is 65.3 cm³/mol. The van der Waals surface area contributed by atoms with Gasteiger partial charge in [0.25, 0.3) is 0 Å². The van der Waals surface area contributed by atoms with E-state index in [2.05, 4.69) is 46.7 Å². The van der Waals surface area contributed by atoms with Gasteiger partial charge in [0.1, 0.15) is 5.15 Å². The van der Waals surface area contributed by atoms with E-state index < -0.39 is 0 Å². The summed E-state index contributed by atoms with van der Waals surface area (Å²) in [5.74, 6) is 0. The SMILES string of the molecule is CCC(C)Nc1cc(Cl)ncc1I. The fraction of sp³-hybridized carbons (Fsp3) is 0.444. The molecule has 1 aromatic rings. The molecule has 0 aliphatic rings. The van der Waals surface area contributed by atoms with Gasteiger partial charge in [0.05, 0.1) is 9.26 Å². The molecule has 1 N–H and O–H groups in total. The van der Waals surface area contributed by atoms with Crippen LogP contribution in [0.15, 0.2) is 12.3 Å². The van der Waals surface area contributed by atoms with Gasteiger partial charge in [-0.3, -0.25) is 0 Å². The highest BCUT2D eigenvalue weighted by atomic mass is 127. The van der Waals surface area contributed by atoms with Crippen LogP contribution >= 0.6 is 34.2 Å². The zero-order chi connectivity index (χ0) is 9.84. The first-order valence-corrected chi connectivity index (χ1v) is 5.66. The van der Waals surface area contributed by atoms with Crippen LogP contribution < -0.4 is 5.32 Å². The number of hydrogen-bond donors (Lipinski definition) is 1. The summed E-state index contributed by atoms with van der Waals surface area (Å²) < 4.78 is 1.10. The molecule has 1 rings (SSSR count). The molecular weight excluding hydrogens is 298 g/mol. The van der Waals surface area contributed by atoms with Crippen molar-refractivity contribution in [2.75, 3.05) is 5.32 Å². The minimum Gasteiger partial charge on any atom is -0.382 e. The van der Waals surface area contributed by atoms with E-state index in [-0.39, 0.29) is 0 Å². The molecule has 0 saturated carbocycles. The summed E-state index contributed by atoms with van der Waals surface area (Å²) in [4.78, 5) is 3.99. The zero-order valence-corrected chi connectivity index (χ0v) is 10.6. The number of halogens is 2. The number of pyridine rings is 1. The predicted octanol–water partition coefficient (Wildman–Crippen LogP) is 3.55. The lowest BCUT2D eigenvalue weighted by Gasteiger charge is -2.14. The largest absolute Gasteiger partial charge is 0.382 e. The Morgan fingerprint density at radius 2 is 2.38 bits per heavy atom. The third-order valence-electron chi connectivity index (χ3n) is 1.84. The van der Waals surface area contributed by atoms with Crippen LogP contribution in [-0.2, 0) is 0 Å². The maximum Gasteiger partial charge on any atom is 0.131 e. The van der Waals surface area contributed by atoms with Gasteiger partial charge in [0.15, 0.2) is 0 Å². The lowest BCUT2D eigenvalue weighted by molar-refractivity contribution is 0.763. The first-order chi connectivity index (χ1) is 6.13. The average molecular weight is 311 g/mol. The first-order valence-electron chi connectivity index (χ1n) is 4.21. The summed E-state index contributed by atoms with van der Waals surface area (Å²) in [5, 5.41) is 3.90. The minimum absolute atomic E-state index is 0.465. The summed E-state index contributed by atoms with van der Waals surface area (Å²) in [5.41, 5.74) is 1.06. The van der Waals surface area contributed by atoms with Crippen molar-refractivity contribution in [2.24, 2.45) is 0 Å². The molecule has 0 spiro atoms. The number of hydrogen-bond acceptors (Lipinski definition) is 2. The van der Waals surface area contributed by atoms with E-state index in [1.54, 1.807) is 6.20 Å². The van der Waals surface area contributed by atoms with Crippen LogP contribution in [-0.4, -0.2) is 11.0 Å². The smallest absolute Gasteiger partial charge is 0.131 e. The number of anilines is 1. The second-order valence-electron chi connectivity index (χ2n) is 2.94. The van der Waals surface area contributed by atoms with Gasteiger partial charge in [-0.1, -0.05) is 18.5 Å². The van der Waals surface area contributed by atoms with Crippen molar-refractivity contribution < 1.29 is 0 Å².